The van der Waals surface area contributed by atoms with E-state index in [0.29, 0.717) is 0 Å². The van der Waals surface area contributed by atoms with Crippen LogP contribution in [-0.2, 0) is 4.74 Å². The van der Waals surface area contributed by atoms with Gasteiger partial charge >= 0.3 is 0 Å². The van der Waals surface area contributed by atoms with E-state index in [4.69, 9.17) is 4.74 Å². The van der Waals surface area contributed by atoms with Crippen LogP contribution in [0.2, 0.25) is 0 Å². The molecule has 66 valence electrons. The van der Waals surface area contributed by atoms with Crippen molar-refractivity contribution in [3.8, 4) is 0 Å². The summed E-state index contributed by atoms with van der Waals surface area (Å²) in [5.74, 6) is 0. The van der Waals surface area contributed by atoms with Crippen LogP contribution in [0.15, 0.2) is 48.6 Å². The molecule has 1 aliphatic rings. The first kappa shape index (κ1) is 8.27. The zero-order valence-electron chi connectivity index (χ0n) is 7.39. The zero-order valence-corrected chi connectivity index (χ0v) is 7.39. The molecule has 0 saturated carbocycles. The summed E-state index contributed by atoms with van der Waals surface area (Å²) in [6.07, 6.45) is 8.43. The quantitative estimate of drug-likeness (QED) is 0.623. The van der Waals surface area contributed by atoms with E-state index < -0.39 is 0 Å². The molecule has 0 aliphatic carbocycles. The number of hydrogen-bond acceptors (Lipinski definition) is 1. The molecule has 1 aromatic rings. The minimum absolute atomic E-state index is 0.167. The van der Waals surface area contributed by atoms with Crippen LogP contribution in [0.4, 0.5) is 0 Å². The predicted octanol–water partition coefficient (Wildman–Crippen LogP) is 2.65. The highest BCUT2D eigenvalue weighted by Crippen LogP contribution is 2.08. The summed E-state index contributed by atoms with van der Waals surface area (Å²) < 4.78 is 5.38. The highest BCUT2D eigenvalue weighted by molar-refractivity contribution is 5.49. The van der Waals surface area contributed by atoms with Crippen molar-refractivity contribution in [2.24, 2.45) is 0 Å². The molecule has 2 rings (SSSR count). The largest absolute Gasteiger partial charge is 0.366 e. The number of rotatable bonds is 2. The fraction of sp³-hybridized carbons (Fsp3) is 0.167. The topological polar surface area (TPSA) is 9.23 Å². The first-order valence-corrected chi connectivity index (χ1v) is 4.47. The second-order valence-corrected chi connectivity index (χ2v) is 3.00. The van der Waals surface area contributed by atoms with Crippen molar-refractivity contribution in [3.05, 3.63) is 54.1 Å². The van der Waals surface area contributed by atoms with Gasteiger partial charge in [-0.1, -0.05) is 54.6 Å². The Bertz CT molecular complexity index is 311. The highest BCUT2D eigenvalue weighted by atomic mass is 16.5. The van der Waals surface area contributed by atoms with Gasteiger partial charge in [0, 0.05) is 0 Å². The van der Waals surface area contributed by atoms with E-state index in [1.165, 1.54) is 5.56 Å². The first-order valence-electron chi connectivity index (χ1n) is 4.47. The molecule has 1 heterocycles. The van der Waals surface area contributed by atoms with E-state index in [1.807, 2.05) is 24.3 Å². The lowest BCUT2D eigenvalue weighted by Crippen LogP contribution is -1.98. The van der Waals surface area contributed by atoms with Gasteiger partial charge in [-0.2, -0.15) is 0 Å². The molecule has 0 amide bonds. The van der Waals surface area contributed by atoms with Crippen molar-refractivity contribution in [1.82, 2.24) is 0 Å². The normalized spacial score (nSPS) is 21.4. The maximum Gasteiger partial charge on any atom is 0.0945 e. The zero-order chi connectivity index (χ0) is 8.93. The van der Waals surface area contributed by atoms with Crippen molar-refractivity contribution in [2.45, 2.75) is 6.10 Å². The monoisotopic (exact) mass is 172 g/mol. The molecule has 0 fully saturated rings. The van der Waals surface area contributed by atoms with Crippen LogP contribution in [0.1, 0.15) is 5.56 Å². The minimum atomic E-state index is 0.167. The Balaban J connectivity index is 2.01. The SMILES string of the molecule is C1=C[C@@H](/C=C/c2ccccc2)OC1. The molecular weight excluding hydrogens is 160 g/mol. The van der Waals surface area contributed by atoms with Crippen molar-refractivity contribution in [1.29, 1.82) is 0 Å². The Hall–Kier alpha value is -1.34. The molecule has 13 heavy (non-hydrogen) atoms. The average Bonchev–Trinajstić information content (AvgIpc) is 2.69. The molecule has 1 aromatic carbocycles. The molecule has 1 nitrogen and oxygen atoms in total. The Morgan fingerprint density at radius 1 is 1.23 bits per heavy atom. The second-order valence-electron chi connectivity index (χ2n) is 3.00. The fourth-order valence-corrected chi connectivity index (χ4v) is 1.30. The summed E-state index contributed by atoms with van der Waals surface area (Å²) in [4.78, 5) is 0. The molecular formula is C12H12O. The lowest BCUT2D eigenvalue weighted by atomic mass is 10.2. The van der Waals surface area contributed by atoms with Crippen molar-refractivity contribution in [2.75, 3.05) is 6.61 Å². The molecule has 1 atom stereocenters. The minimum Gasteiger partial charge on any atom is -0.366 e. The smallest absolute Gasteiger partial charge is 0.0945 e. The van der Waals surface area contributed by atoms with E-state index in [2.05, 4.69) is 30.4 Å². The molecule has 0 unspecified atom stereocenters. The predicted molar refractivity (Wildman–Crippen MR) is 54.4 cm³/mol. The number of hydrogen-bond donors (Lipinski definition) is 0. The standard InChI is InChI=1S/C12H12O/c1-2-5-11(6-3-1)8-9-12-7-4-10-13-12/h1-9,12H,10H2/b9-8+/t12-/m0/s1. The van der Waals surface area contributed by atoms with Gasteiger partial charge in [0.25, 0.3) is 0 Å². The van der Waals surface area contributed by atoms with Crippen LogP contribution >= 0.6 is 0 Å². The third kappa shape index (κ3) is 2.30. The highest BCUT2D eigenvalue weighted by Gasteiger charge is 2.03. The maximum atomic E-state index is 5.38. The lowest BCUT2D eigenvalue weighted by molar-refractivity contribution is 0.162. The Morgan fingerprint density at radius 3 is 2.77 bits per heavy atom. The van der Waals surface area contributed by atoms with Gasteiger partial charge < -0.3 is 4.74 Å². The van der Waals surface area contributed by atoms with Gasteiger partial charge in [0.05, 0.1) is 12.7 Å². The summed E-state index contributed by atoms with van der Waals surface area (Å²) in [6.45, 7) is 0.740. The van der Waals surface area contributed by atoms with E-state index in [9.17, 15) is 0 Å². The van der Waals surface area contributed by atoms with Gasteiger partial charge in [-0.05, 0) is 5.56 Å². The van der Waals surface area contributed by atoms with Crippen LogP contribution in [0.3, 0.4) is 0 Å². The third-order valence-corrected chi connectivity index (χ3v) is 1.99. The molecule has 0 radical (unpaired) electrons. The number of benzene rings is 1. The van der Waals surface area contributed by atoms with Gasteiger partial charge in [-0.3, -0.25) is 0 Å². The third-order valence-electron chi connectivity index (χ3n) is 1.99. The van der Waals surface area contributed by atoms with Gasteiger partial charge in [0.15, 0.2) is 0 Å². The van der Waals surface area contributed by atoms with Crippen LogP contribution in [0, 0.1) is 0 Å². The summed E-state index contributed by atoms with van der Waals surface area (Å²) in [5.41, 5.74) is 1.21. The van der Waals surface area contributed by atoms with Crippen molar-refractivity contribution in [3.63, 3.8) is 0 Å². The molecule has 0 bridgehead atoms. The lowest BCUT2D eigenvalue weighted by Gasteiger charge is -2.00. The Morgan fingerprint density at radius 2 is 2.08 bits per heavy atom. The van der Waals surface area contributed by atoms with Crippen LogP contribution in [0.5, 0.6) is 0 Å². The summed E-state index contributed by atoms with van der Waals surface area (Å²) in [7, 11) is 0. The maximum absolute atomic E-state index is 5.38. The summed E-state index contributed by atoms with van der Waals surface area (Å²) >= 11 is 0. The van der Waals surface area contributed by atoms with E-state index in [0.717, 1.165) is 6.61 Å². The van der Waals surface area contributed by atoms with Crippen LogP contribution in [-0.4, -0.2) is 12.7 Å². The van der Waals surface area contributed by atoms with E-state index >= 15 is 0 Å². The number of ether oxygens (including phenoxy) is 1. The van der Waals surface area contributed by atoms with Gasteiger partial charge in [-0.25, -0.2) is 0 Å². The molecule has 1 aliphatic heterocycles. The van der Waals surface area contributed by atoms with Gasteiger partial charge in [0.1, 0.15) is 0 Å². The summed E-state index contributed by atoms with van der Waals surface area (Å²) in [6, 6.07) is 10.2. The van der Waals surface area contributed by atoms with Crippen molar-refractivity contribution >= 4 is 6.08 Å². The van der Waals surface area contributed by atoms with Crippen LogP contribution in [0.25, 0.3) is 6.08 Å². The van der Waals surface area contributed by atoms with Gasteiger partial charge in [-0.15, -0.1) is 0 Å². The molecule has 1 heteroatoms. The summed E-state index contributed by atoms with van der Waals surface area (Å²) in [5, 5.41) is 0. The molecule has 0 spiro atoms. The van der Waals surface area contributed by atoms with E-state index in [1.54, 1.807) is 0 Å². The van der Waals surface area contributed by atoms with Gasteiger partial charge in [0.2, 0.25) is 0 Å². The molecule has 0 aromatic heterocycles. The Kier molecular flexibility index (Phi) is 2.58. The fourth-order valence-electron chi connectivity index (χ4n) is 1.30. The van der Waals surface area contributed by atoms with E-state index in [-0.39, 0.29) is 6.10 Å². The van der Waals surface area contributed by atoms with Crippen molar-refractivity contribution < 1.29 is 4.74 Å². The molecule has 0 saturated heterocycles. The average molecular weight is 172 g/mol. The first-order chi connectivity index (χ1) is 6.45. The Labute approximate surface area is 78.3 Å². The van der Waals surface area contributed by atoms with Crippen LogP contribution < -0.4 is 0 Å². The second kappa shape index (κ2) is 4.06. The molecule has 0 N–H and O–H groups in total.